The first-order valence-electron chi connectivity index (χ1n) is 10.1. The van der Waals surface area contributed by atoms with E-state index in [0.29, 0.717) is 25.5 Å². The van der Waals surface area contributed by atoms with Gasteiger partial charge in [-0.1, -0.05) is 17.7 Å². The SMILES string of the molecule is Cc1ccc(OCc2nc(CC(=O)NNC(=O)c3csc(N4CCOCC4)n3)cs2)cc1. The molecule has 2 aromatic heterocycles. The van der Waals surface area contributed by atoms with Gasteiger partial charge in [-0.15, -0.1) is 22.7 Å². The van der Waals surface area contributed by atoms with E-state index in [1.54, 1.807) is 5.38 Å². The molecule has 0 atom stereocenters. The summed E-state index contributed by atoms with van der Waals surface area (Å²) in [5, 5.41) is 5.03. The zero-order chi connectivity index (χ0) is 22.3. The van der Waals surface area contributed by atoms with Gasteiger partial charge in [-0.25, -0.2) is 9.97 Å². The molecule has 1 aliphatic rings. The van der Waals surface area contributed by atoms with Gasteiger partial charge in [-0.3, -0.25) is 20.4 Å². The van der Waals surface area contributed by atoms with Crippen molar-refractivity contribution < 1.29 is 19.1 Å². The Morgan fingerprint density at radius 2 is 1.88 bits per heavy atom. The van der Waals surface area contributed by atoms with Crippen molar-refractivity contribution in [2.24, 2.45) is 0 Å². The molecule has 0 bridgehead atoms. The molecule has 0 saturated carbocycles. The summed E-state index contributed by atoms with van der Waals surface area (Å²) in [5.41, 5.74) is 6.87. The van der Waals surface area contributed by atoms with Gasteiger partial charge in [-0.2, -0.15) is 0 Å². The van der Waals surface area contributed by atoms with Crippen molar-refractivity contribution in [3.05, 3.63) is 57.0 Å². The van der Waals surface area contributed by atoms with Crippen LogP contribution in [0.5, 0.6) is 5.75 Å². The second kappa shape index (κ2) is 10.5. The van der Waals surface area contributed by atoms with Gasteiger partial charge in [-0.05, 0) is 19.1 Å². The molecule has 0 aliphatic carbocycles. The minimum atomic E-state index is -0.459. The Labute approximate surface area is 193 Å². The molecule has 3 aromatic rings. The number of ether oxygens (including phenoxy) is 2. The number of amides is 2. The number of nitrogens with zero attached hydrogens (tertiary/aromatic N) is 3. The number of morpholine rings is 1. The molecule has 2 amide bonds. The molecule has 4 rings (SSSR count). The summed E-state index contributed by atoms with van der Waals surface area (Å²) in [6.07, 6.45) is 0.0530. The second-order valence-corrected chi connectivity index (χ2v) is 8.91. The molecule has 1 fully saturated rings. The van der Waals surface area contributed by atoms with Gasteiger partial charge in [0.05, 0.1) is 25.3 Å². The summed E-state index contributed by atoms with van der Waals surface area (Å²) in [4.78, 5) is 35.3. The minimum Gasteiger partial charge on any atom is -0.486 e. The summed E-state index contributed by atoms with van der Waals surface area (Å²) in [7, 11) is 0. The lowest BCUT2D eigenvalue weighted by Crippen LogP contribution is -2.42. The number of thiazole rings is 2. The number of aromatic nitrogens is 2. The molecule has 1 aliphatic heterocycles. The molecule has 1 aromatic carbocycles. The van der Waals surface area contributed by atoms with Gasteiger partial charge in [0.1, 0.15) is 23.1 Å². The molecule has 11 heteroatoms. The van der Waals surface area contributed by atoms with E-state index in [4.69, 9.17) is 9.47 Å². The monoisotopic (exact) mass is 473 g/mol. The standard InChI is InChI=1S/C21H23N5O4S2/c1-14-2-4-16(5-3-14)30-11-19-22-15(12-31-19)10-18(27)24-25-20(28)17-13-32-21(23-17)26-6-8-29-9-7-26/h2-5,12-13H,6-11H2,1H3,(H,24,27)(H,25,28). The fraction of sp³-hybridized carbons (Fsp3) is 0.333. The Hall–Kier alpha value is -3.02. The van der Waals surface area contributed by atoms with E-state index in [1.165, 1.54) is 28.2 Å². The van der Waals surface area contributed by atoms with Crippen LogP contribution in [-0.2, 0) is 22.6 Å². The van der Waals surface area contributed by atoms with Crippen LogP contribution in [0.3, 0.4) is 0 Å². The fourth-order valence-corrected chi connectivity index (χ4v) is 4.51. The van der Waals surface area contributed by atoms with Crippen LogP contribution < -0.4 is 20.5 Å². The second-order valence-electron chi connectivity index (χ2n) is 7.13. The van der Waals surface area contributed by atoms with E-state index < -0.39 is 5.91 Å². The number of hydrazine groups is 1. The van der Waals surface area contributed by atoms with Gasteiger partial charge < -0.3 is 14.4 Å². The highest BCUT2D eigenvalue weighted by Crippen LogP contribution is 2.21. The maximum Gasteiger partial charge on any atom is 0.289 e. The Morgan fingerprint density at radius 3 is 2.66 bits per heavy atom. The molecule has 0 unspecified atom stereocenters. The molecular weight excluding hydrogens is 450 g/mol. The van der Waals surface area contributed by atoms with Crippen LogP contribution >= 0.6 is 22.7 Å². The molecule has 0 spiro atoms. The summed E-state index contributed by atoms with van der Waals surface area (Å²) in [5.74, 6) is -0.0514. The van der Waals surface area contributed by atoms with Gasteiger partial charge >= 0.3 is 0 Å². The Balaban J connectivity index is 1.21. The normalized spacial score (nSPS) is 13.6. The predicted molar refractivity (Wildman–Crippen MR) is 122 cm³/mol. The third kappa shape index (κ3) is 6.02. The summed E-state index contributed by atoms with van der Waals surface area (Å²) in [6.45, 7) is 5.14. The van der Waals surface area contributed by atoms with Gasteiger partial charge in [0.15, 0.2) is 5.13 Å². The van der Waals surface area contributed by atoms with Crippen LogP contribution in [0.1, 0.15) is 26.8 Å². The number of nitrogens with one attached hydrogen (secondary N) is 2. The Bertz CT molecular complexity index is 1060. The number of aryl methyl sites for hydroxylation is 1. The Kier molecular flexibility index (Phi) is 7.30. The third-order valence-corrected chi connectivity index (χ3v) is 6.42. The highest BCUT2D eigenvalue weighted by atomic mass is 32.1. The van der Waals surface area contributed by atoms with Crippen LogP contribution in [0.4, 0.5) is 5.13 Å². The summed E-state index contributed by atoms with van der Waals surface area (Å²) < 4.78 is 11.0. The van der Waals surface area contributed by atoms with Crippen LogP contribution in [0.25, 0.3) is 0 Å². The van der Waals surface area contributed by atoms with Crippen LogP contribution in [0.2, 0.25) is 0 Å². The Morgan fingerprint density at radius 1 is 1.09 bits per heavy atom. The van der Waals surface area contributed by atoms with Crippen molar-refractivity contribution in [2.45, 2.75) is 20.0 Å². The lowest BCUT2D eigenvalue weighted by molar-refractivity contribution is -0.121. The number of carbonyl (C=O) groups excluding carboxylic acids is 2. The van der Waals surface area contributed by atoms with Gasteiger partial charge in [0.25, 0.3) is 5.91 Å². The first-order valence-corrected chi connectivity index (χ1v) is 11.8. The fourth-order valence-electron chi connectivity index (χ4n) is 2.94. The molecule has 2 N–H and O–H groups in total. The predicted octanol–water partition coefficient (Wildman–Crippen LogP) is 2.33. The van der Waals surface area contributed by atoms with Crippen molar-refractivity contribution in [3.63, 3.8) is 0 Å². The van der Waals surface area contributed by atoms with Crippen LogP contribution in [0, 0.1) is 6.92 Å². The van der Waals surface area contributed by atoms with Crippen molar-refractivity contribution in [1.82, 2.24) is 20.8 Å². The molecule has 3 heterocycles. The minimum absolute atomic E-state index is 0.0530. The van der Waals surface area contributed by atoms with Gasteiger partial charge in [0, 0.05) is 23.8 Å². The van der Waals surface area contributed by atoms with E-state index in [2.05, 4.69) is 25.7 Å². The molecular formula is C21H23N5O4S2. The molecule has 168 valence electrons. The first-order chi connectivity index (χ1) is 15.6. The number of rotatable bonds is 7. The maximum atomic E-state index is 12.3. The summed E-state index contributed by atoms with van der Waals surface area (Å²) >= 11 is 2.82. The number of carbonyl (C=O) groups is 2. The summed E-state index contributed by atoms with van der Waals surface area (Å²) in [6, 6.07) is 7.78. The molecule has 32 heavy (non-hydrogen) atoms. The maximum absolute atomic E-state index is 12.3. The lowest BCUT2D eigenvalue weighted by atomic mass is 10.2. The number of anilines is 1. The molecule has 1 saturated heterocycles. The van der Waals surface area contributed by atoms with E-state index in [-0.39, 0.29) is 18.0 Å². The van der Waals surface area contributed by atoms with Crippen molar-refractivity contribution in [3.8, 4) is 5.75 Å². The molecule has 0 radical (unpaired) electrons. The van der Waals surface area contributed by atoms with Crippen molar-refractivity contribution in [2.75, 3.05) is 31.2 Å². The van der Waals surface area contributed by atoms with Crippen LogP contribution in [-0.4, -0.2) is 48.1 Å². The third-order valence-electron chi connectivity index (χ3n) is 4.65. The highest BCUT2D eigenvalue weighted by molar-refractivity contribution is 7.14. The van der Waals surface area contributed by atoms with E-state index in [9.17, 15) is 9.59 Å². The highest BCUT2D eigenvalue weighted by Gasteiger charge is 2.18. The zero-order valence-electron chi connectivity index (χ0n) is 17.5. The quantitative estimate of drug-likeness (QED) is 0.508. The average Bonchev–Trinajstić information content (AvgIpc) is 3.48. The largest absolute Gasteiger partial charge is 0.486 e. The van der Waals surface area contributed by atoms with Crippen molar-refractivity contribution in [1.29, 1.82) is 0 Å². The van der Waals surface area contributed by atoms with Crippen molar-refractivity contribution >= 4 is 39.6 Å². The number of hydrogen-bond donors (Lipinski definition) is 2. The topological polar surface area (TPSA) is 106 Å². The van der Waals surface area contributed by atoms with E-state index >= 15 is 0 Å². The van der Waals surface area contributed by atoms with E-state index in [0.717, 1.165) is 29.0 Å². The lowest BCUT2D eigenvalue weighted by Gasteiger charge is -2.25. The number of hydrogen-bond acceptors (Lipinski definition) is 9. The first kappa shape index (κ1) is 22.2. The van der Waals surface area contributed by atoms with E-state index in [1.807, 2.05) is 36.6 Å². The van der Waals surface area contributed by atoms with Crippen LogP contribution in [0.15, 0.2) is 35.0 Å². The smallest absolute Gasteiger partial charge is 0.289 e. The van der Waals surface area contributed by atoms with Gasteiger partial charge in [0.2, 0.25) is 5.91 Å². The molecule has 9 nitrogen and oxygen atoms in total. The zero-order valence-corrected chi connectivity index (χ0v) is 19.1. The average molecular weight is 474 g/mol. The number of benzene rings is 1.